The van der Waals surface area contributed by atoms with Gasteiger partial charge in [-0.1, -0.05) is 48.5 Å². The molecule has 0 saturated heterocycles. The largest absolute Gasteiger partial charge is 0.321 e. The highest BCUT2D eigenvalue weighted by atomic mass is 19.1. The first-order valence-electron chi connectivity index (χ1n) is 7.07. The van der Waals surface area contributed by atoms with Gasteiger partial charge in [-0.2, -0.15) is 0 Å². The molecule has 0 aliphatic heterocycles. The summed E-state index contributed by atoms with van der Waals surface area (Å²) in [4.78, 5) is 0. The molecule has 3 aromatic rings. The number of benzene rings is 3. The molecule has 0 heterocycles. The van der Waals surface area contributed by atoms with Gasteiger partial charge in [0.2, 0.25) is 0 Å². The molecule has 1 nitrogen and oxygen atoms in total. The zero-order chi connectivity index (χ0) is 14.9. The molecule has 1 atom stereocenters. The van der Waals surface area contributed by atoms with Gasteiger partial charge in [0.1, 0.15) is 5.82 Å². The van der Waals surface area contributed by atoms with Crippen LogP contribution in [0.5, 0.6) is 0 Å². The molecule has 21 heavy (non-hydrogen) atoms. The third-order valence-corrected chi connectivity index (χ3v) is 3.89. The van der Waals surface area contributed by atoms with Crippen LogP contribution < -0.4 is 5.73 Å². The van der Waals surface area contributed by atoms with Crippen molar-refractivity contribution in [1.82, 2.24) is 0 Å². The molecule has 0 bridgehead atoms. The van der Waals surface area contributed by atoms with E-state index in [4.69, 9.17) is 5.73 Å². The van der Waals surface area contributed by atoms with Gasteiger partial charge in [0, 0.05) is 5.54 Å². The maximum Gasteiger partial charge on any atom is 0.123 e. The summed E-state index contributed by atoms with van der Waals surface area (Å²) in [6.07, 6.45) is 0.672. The van der Waals surface area contributed by atoms with Crippen LogP contribution in [-0.4, -0.2) is 0 Å². The first-order valence-corrected chi connectivity index (χ1v) is 7.07. The highest BCUT2D eigenvalue weighted by Gasteiger charge is 2.22. The Morgan fingerprint density at radius 3 is 2.29 bits per heavy atom. The Hall–Kier alpha value is -2.19. The summed E-state index contributed by atoms with van der Waals surface area (Å²) in [7, 11) is 0. The Kier molecular flexibility index (Phi) is 3.48. The minimum atomic E-state index is -0.484. The highest BCUT2D eigenvalue weighted by molar-refractivity contribution is 5.83. The van der Waals surface area contributed by atoms with Crippen molar-refractivity contribution in [3.05, 3.63) is 83.7 Å². The van der Waals surface area contributed by atoms with E-state index < -0.39 is 5.54 Å². The summed E-state index contributed by atoms with van der Waals surface area (Å²) < 4.78 is 13.0. The predicted molar refractivity (Wildman–Crippen MR) is 85.6 cm³/mol. The molecule has 0 spiro atoms. The first-order chi connectivity index (χ1) is 10.0. The van der Waals surface area contributed by atoms with Gasteiger partial charge < -0.3 is 5.73 Å². The van der Waals surface area contributed by atoms with Crippen LogP contribution in [0.15, 0.2) is 66.7 Å². The van der Waals surface area contributed by atoms with Crippen LogP contribution in [0.1, 0.15) is 18.1 Å². The molecular weight excluding hydrogens is 261 g/mol. The summed E-state index contributed by atoms with van der Waals surface area (Å²) in [5.41, 5.74) is 8.15. The number of hydrogen-bond acceptors (Lipinski definition) is 1. The topological polar surface area (TPSA) is 26.0 Å². The molecule has 0 aliphatic carbocycles. The van der Waals surface area contributed by atoms with Gasteiger partial charge in [-0.15, -0.1) is 0 Å². The maximum atomic E-state index is 13.0. The Morgan fingerprint density at radius 2 is 1.57 bits per heavy atom. The van der Waals surface area contributed by atoms with Crippen molar-refractivity contribution in [2.45, 2.75) is 18.9 Å². The van der Waals surface area contributed by atoms with E-state index in [0.717, 1.165) is 11.1 Å². The van der Waals surface area contributed by atoms with Crippen molar-refractivity contribution in [3.8, 4) is 0 Å². The fraction of sp³-hybridized carbons (Fsp3) is 0.158. The van der Waals surface area contributed by atoms with Gasteiger partial charge in [0.25, 0.3) is 0 Å². The third-order valence-electron chi connectivity index (χ3n) is 3.89. The van der Waals surface area contributed by atoms with Crippen molar-refractivity contribution in [2.75, 3.05) is 0 Å². The zero-order valence-corrected chi connectivity index (χ0v) is 12.0. The smallest absolute Gasteiger partial charge is 0.123 e. The normalized spacial score (nSPS) is 14.0. The molecule has 2 N–H and O–H groups in total. The molecule has 0 fully saturated rings. The van der Waals surface area contributed by atoms with Gasteiger partial charge in [0.15, 0.2) is 0 Å². The molecule has 3 aromatic carbocycles. The van der Waals surface area contributed by atoms with E-state index in [1.807, 2.05) is 19.1 Å². The summed E-state index contributed by atoms with van der Waals surface area (Å²) >= 11 is 0. The summed E-state index contributed by atoms with van der Waals surface area (Å²) in [6.45, 7) is 2.01. The van der Waals surface area contributed by atoms with Gasteiger partial charge in [0.05, 0.1) is 0 Å². The second-order valence-corrected chi connectivity index (χ2v) is 5.78. The second kappa shape index (κ2) is 5.30. The van der Waals surface area contributed by atoms with E-state index in [1.165, 1.54) is 22.9 Å². The second-order valence-electron chi connectivity index (χ2n) is 5.78. The van der Waals surface area contributed by atoms with E-state index in [1.54, 1.807) is 12.1 Å². The van der Waals surface area contributed by atoms with Gasteiger partial charge in [-0.25, -0.2) is 4.39 Å². The van der Waals surface area contributed by atoms with Crippen molar-refractivity contribution >= 4 is 10.8 Å². The fourth-order valence-electron chi connectivity index (χ4n) is 2.67. The van der Waals surface area contributed by atoms with Crippen LogP contribution in [0.2, 0.25) is 0 Å². The van der Waals surface area contributed by atoms with E-state index in [2.05, 4.69) is 30.3 Å². The molecule has 2 heteroatoms. The summed E-state index contributed by atoms with van der Waals surface area (Å²) in [5.74, 6) is -0.219. The minimum absolute atomic E-state index is 0.219. The highest BCUT2D eigenvalue weighted by Crippen LogP contribution is 2.26. The Morgan fingerprint density at radius 1 is 0.905 bits per heavy atom. The van der Waals surface area contributed by atoms with Crippen LogP contribution in [0, 0.1) is 5.82 Å². The number of rotatable bonds is 3. The quantitative estimate of drug-likeness (QED) is 0.755. The van der Waals surface area contributed by atoms with Crippen molar-refractivity contribution < 1.29 is 4.39 Å². The summed E-state index contributed by atoms with van der Waals surface area (Å²) in [6, 6.07) is 21.1. The molecule has 1 unspecified atom stereocenters. The third kappa shape index (κ3) is 2.96. The van der Waals surface area contributed by atoms with E-state index in [-0.39, 0.29) is 5.82 Å². The van der Waals surface area contributed by atoms with E-state index >= 15 is 0 Å². The lowest BCUT2D eigenvalue weighted by Crippen LogP contribution is -2.35. The van der Waals surface area contributed by atoms with Crippen LogP contribution in [0.4, 0.5) is 4.39 Å². The Bertz CT molecular complexity index is 760. The number of hydrogen-bond donors (Lipinski definition) is 1. The number of fused-ring (bicyclic) bond motifs is 1. The van der Waals surface area contributed by atoms with Crippen molar-refractivity contribution in [2.24, 2.45) is 5.73 Å². The summed E-state index contributed by atoms with van der Waals surface area (Å²) in [5, 5.41) is 2.39. The van der Waals surface area contributed by atoms with Crippen LogP contribution >= 0.6 is 0 Å². The molecule has 3 rings (SSSR count). The lowest BCUT2D eigenvalue weighted by atomic mass is 9.85. The van der Waals surface area contributed by atoms with E-state index in [0.29, 0.717) is 6.42 Å². The van der Waals surface area contributed by atoms with Crippen molar-refractivity contribution in [1.29, 1.82) is 0 Å². The average molecular weight is 279 g/mol. The molecule has 106 valence electrons. The molecule has 0 amide bonds. The van der Waals surface area contributed by atoms with Crippen molar-refractivity contribution in [3.63, 3.8) is 0 Å². The van der Waals surface area contributed by atoms with Gasteiger partial charge in [-0.3, -0.25) is 0 Å². The number of nitrogens with two attached hydrogens (primary N) is 1. The Labute approximate surface area is 124 Å². The van der Waals surface area contributed by atoms with Crippen LogP contribution in [-0.2, 0) is 12.0 Å². The fourth-order valence-corrected chi connectivity index (χ4v) is 2.67. The molecular formula is C19H18FN. The standard InChI is InChI=1S/C19H18FN/c1-19(21,13-14-6-10-18(20)11-7-14)17-9-8-15-4-2-3-5-16(15)12-17/h2-12H,13,21H2,1H3. The zero-order valence-electron chi connectivity index (χ0n) is 12.0. The Balaban J connectivity index is 1.93. The maximum absolute atomic E-state index is 13.0. The molecule has 0 aromatic heterocycles. The van der Waals surface area contributed by atoms with Crippen LogP contribution in [0.3, 0.4) is 0 Å². The molecule has 0 saturated carbocycles. The van der Waals surface area contributed by atoms with Gasteiger partial charge in [-0.05, 0) is 53.4 Å². The lowest BCUT2D eigenvalue weighted by molar-refractivity contribution is 0.491. The number of halogens is 1. The minimum Gasteiger partial charge on any atom is -0.321 e. The predicted octanol–water partition coefficient (Wildman–Crippen LogP) is 4.40. The van der Waals surface area contributed by atoms with Gasteiger partial charge >= 0.3 is 0 Å². The molecule has 0 aliphatic rings. The monoisotopic (exact) mass is 279 g/mol. The average Bonchev–Trinajstić information content (AvgIpc) is 2.49. The molecule has 0 radical (unpaired) electrons. The SMILES string of the molecule is CC(N)(Cc1ccc(F)cc1)c1ccc2ccccc2c1. The van der Waals surface area contributed by atoms with E-state index in [9.17, 15) is 4.39 Å². The lowest BCUT2D eigenvalue weighted by Gasteiger charge is -2.26. The van der Waals surface area contributed by atoms with Crippen LogP contribution in [0.25, 0.3) is 10.8 Å². The first kappa shape index (κ1) is 13.8.